The van der Waals surface area contributed by atoms with E-state index in [0.29, 0.717) is 32.8 Å². The molecule has 71 heavy (non-hydrogen) atoms. The number of hydrogen-bond donors (Lipinski definition) is 0. The van der Waals surface area contributed by atoms with Gasteiger partial charge in [-0.05, 0) is 31.2 Å². The number of rotatable bonds is 37. The monoisotopic (exact) mass is 1020 g/mol. The molecule has 0 atom stereocenters. The average Bonchev–Trinajstić information content (AvgIpc) is 3.36. The molecule has 400 valence electrons. The van der Waals surface area contributed by atoms with Gasteiger partial charge in [0, 0.05) is 19.6 Å². The van der Waals surface area contributed by atoms with Gasteiger partial charge in [0.15, 0.2) is 0 Å². The van der Waals surface area contributed by atoms with Gasteiger partial charge in [-0.15, -0.1) is 13.2 Å². The van der Waals surface area contributed by atoms with E-state index in [-0.39, 0.29) is 124 Å². The Morgan fingerprint density at radius 2 is 0.732 bits per heavy atom. The van der Waals surface area contributed by atoms with E-state index in [2.05, 4.69) is 70.8 Å². The molecule has 0 aliphatic rings. The molecule has 0 N–H and O–H groups in total. The molecule has 0 aliphatic carbocycles. The Balaban J connectivity index is 0. The molecular weight excluding hydrogens is 952 g/mol. The highest BCUT2D eigenvalue weighted by Crippen LogP contribution is 2.18. The van der Waals surface area contributed by atoms with Gasteiger partial charge >= 0.3 is 42.9 Å². The lowest BCUT2D eigenvalue weighted by molar-refractivity contribution is -0.145. The third-order valence-corrected chi connectivity index (χ3v) is 6.61. The molecule has 1 rings (SSSR count). The Morgan fingerprint density at radius 1 is 0.380 bits per heavy atom. The van der Waals surface area contributed by atoms with E-state index in [0.717, 1.165) is 0 Å². The summed E-state index contributed by atoms with van der Waals surface area (Å²) in [6.45, 7) is 21.9. The van der Waals surface area contributed by atoms with Crippen molar-refractivity contribution >= 4 is 42.9 Å². The highest BCUT2D eigenvalue weighted by atomic mass is 16.8. The molecule has 1 aromatic rings. The summed E-state index contributed by atoms with van der Waals surface area (Å²) in [5.41, 5.74) is 0. The quantitative estimate of drug-likeness (QED) is 0.0169. The average molecular weight is 1020 g/mol. The van der Waals surface area contributed by atoms with Crippen LogP contribution in [0.2, 0.25) is 0 Å². The van der Waals surface area contributed by atoms with Gasteiger partial charge < -0.3 is 85.3 Å². The number of carbonyl (C=O) groups excluding carboxylic acids is 7. The van der Waals surface area contributed by atoms with Crippen LogP contribution in [0.25, 0.3) is 0 Å². The number of benzene rings is 1. The van der Waals surface area contributed by atoms with Crippen molar-refractivity contribution in [3.8, 4) is 11.5 Å². The third-order valence-electron chi connectivity index (χ3n) is 6.61. The van der Waals surface area contributed by atoms with Crippen molar-refractivity contribution in [2.24, 2.45) is 0 Å². The second-order valence-electron chi connectivity index (χ2n) is 12.1. The van der Waals surface area contributed by atoms with Crippen LogP contribution < -0.4 is 9.47 Å². The molecule has 25 nitrogen and oxygen atoms in total. The molecule has 0 radical (unpaired) electrons. The van der Waals surface area contributed by atoms with Gasteiger partial charge in [-0.25, -0.2) is 28.8 Å². The first kappa shape index (κ1) is 65.7. The molecule has 0 bridgehead atoms. The normalized spacial score (nSPS) is 9.65. The summed E-state index contributed by atoms with van der Waals surface area (Å²) < 4.78 is 86.5. The zero-order chi connectivity index (χ0) is 52.8. The predicted octanol–water partition coefficient (Wildman–Crippen LogP) is 6.62. The van der Waals surface area contributed by atoms with Crippen molar-refractivity contribution in [2.45, 2.75) is 19.8 Å². The number of esters is 1. The lowest BCUT2D eigenvalue weighted by atomic mass is 10.3. The Morgan fingerprint density at radius 3 is 1.13 bits per heavy atom. The first-order valence-electron chi connectivity index (χ1n) is 21.6. The van der Waals surface area contributed by atoms with E-state index in [9.17, 15) is 33.6 Å². The van der Waals surface area contributed by atoms with Crippen molar-refractivity contribution in [3.05, 3.63) is 87.7 Å². The molecular formula is C46H66O25. The molecule has 0 saturated heterocycles. The summed E-state index contributed by atoms with van der Waals surface area (Å²) in [6.07, 6.45) is 2.78. The Bertz CT molecular complexity index is 1570. The molecule has 25 heteroatoms. The third kappa shape index (κ3) is 48.9. The maximum Gasteiger partial charge on any atom is 0.513 e. The van der Waals surface area contributed by atoms with Gasteiger partial charge in [0.25, 0.3) is 0 Å². The van der Waals surface area contributed by atoms with Gasteiger partial charge in [-0.1, -0.05) is 44.0 Å². The summed E-state index contributed by atoms with van der Waals surface area (Å²) in [5.74, 6) is -0.0916. The Labute approximate surface area is 412 Å². The Hall–Kier alpha value is -7.35. The minimum absolute atomic E-state index is 0.0525. The standard InChI is InChI=1S/C20H26O10.C14H22O8.C12H18O7/c1-3-24-11-5-12-27-19(22)29-16-6-8-17(9-7-16)30-20(23)28-15-14-26-18(21)10-13-25-4-2;1-3-5-17-7-9-19-13(15)21-11-12-22-14(16)20-10-8-18-6-4-2;1-3-5-16-11(13)18-9-7-15-8-10-19-12(14)17-6-4-2/h4,6-9H,2-3,5,10-15H2,1H3;3-4H,1-2,5-12H2;3-4H,1-2,5-10H2. The summed E-state index contributed by atoms with van der Waals surface area (Å²) in [5, 5.41) is 0. The first-order chi connectivity index (χ1) is 34.4. The van der Waals surface area contributed by atoms with E-state index in [1.807, 2.05) is 6.92 Å². The van der Waals surface area contributed by atoms with Crippen LogP contribution in [0, 0.1) is 0 Å². The lowest BCUT2D eigenvalue weighted by Crippen LogP contribution is -2.18. The van der Waals surface area contributed by atoms with E-state index < -0.39 is 42.9 Å². The summed E-state index contributed by atoms with van der Waals surface area (Å²) in [7, 11) is 0. The fourth-order valence-electron chi connectivity index (χ4n) is 3.71. The fraction of sp³-hybridized carbons (Fsp3) is 0.500. The smallest absolute Gasteiger partial charge is 0.501 e. The van der Waals surface area contributed by atoms with Crippen LogP contribution in [-0.4, -0.2) is 175 Å². The van der Waals surface area contributed by atoms with Crippen LogP contribution in [0.1, 0.15) is 19.8 Å². The molecule has 0 spiro atoms. The molecule has 0 fully saturated rings. The van der Waals surface area contributed by atoms with Crippen molar-refractivity contribution in [1.29, 1.82) is 0 Å². The minimum Gasteiger partial charge on any atom is -0.501 e. The maximum absolute atomic E-state index is 11.6. The second-order valence-corrected chi connectivity index (χ2v) is 12.1. The van der Waals surface area contributed by atoms with Crippen LogP contribution in [0.4, 0.5) is 28.8 Å². The Kier molecular flexibility index (Phi) is 46.8. The largest absolute Gasteiger partial charge is 0.513 e. The van der Waals surface area contributed by atoms with Crippen molar-refractivity contribution in [2.75, 3.05) is 132 Å². The van der Waals surface area contributed by atoms with Crippen molar-refractivity contribution in [3.63, 3.8) is 0 Å². The fourth-order valence-corrected chi connectivity index (χ4v) is 3.71. The SMILES string of the molecule is C=CCOC(=O)OCCOCCOC(=O)OCC=C.C=CCOCCOC(=O)OCCOC(=O)OCCOCC=C.C=COCCC(=O)OCCOC(=O)Oc1ccc(OC(=O)OCCCOCC)cc1. The van der Waals surface area contributed by atoms with Crippen LogP contribution in [0.15, 0.2) is 87.7 Å². The zero-order valence-corrected chi connectivity index (χ0v) is 40.0. The van der Waals surface area contributed by atoms with Gasteiger partial charge in [-0.3, -0.25) is 4.79 Å². The molecule has 0 saturated carbocycles. The lowest BCUT2D eigenvalue weighted by Gasteiger charge is -2.08. The number of carbonyl (C=O) groups is 7. The summed E-state index contributed by atoms with van der Waals surface area (Å²) in [6, 6.07) is 5.69. The maximum atomic E-state index is 11.6. The van der Waals surface area contributed by atoms with E-state index in [1.165, 1.54) is 42.7 Å². The summed E-state index contributed by atoms with van der Waals surface area (Å²) in [4.78, 5) is 78.3. The van der Waals surface area contributed by atoms with Crippen molar-refractivity contribution < 1.29 is 119 Å². The van der Waals surface area contributed by atoms with Crippen LogP contribution in [-0.2, 0) is 80.6 Å². The predicted molar refractivity (Wildman–Crippen MR) is 246 cm³/mol. The highest BCUT2D eigenvalue weighted by Gasteiger charge is 2.11. The molecule has 0 heterocycles. The summed E-state index contributed by atoms with van der Waals surface area (Å²) >= 11 is 0. The number of hydrogen-bond acceptors (Lipinski definition) is 25. The van der Waals surface area contributed by atoms with Gasteiger partial charge in [0.05, 0.1) is 65.5 Å². The van der Waals surface area contributed by atoms with Crippen LogP contribution >= 0.6 is 0 Å². The first-order valence-corrected chi connectivity index (χ1v) is 21.6. The van der Waals surface area contributed by atoms with Crippen molar-refractivity contribution in [1.82, 2.24) is 0 Å². The molecule has 0 aromatic heterocycles. The molecule has 0 aliphatic heterocycles. The van der Waals surface area contributed by atoms with Crippen LogP contribution in [0.3, 0.4) is 0 Å². The van der Waals surface area contributed by atoms with E-state index in [1.54, 1.807) is 12.2 Å². The minimum atomic E-state index is -0.969. The highest BCUT2D eigenvalue weighted by molar-refractivity contribution is 5.69. The van der Waals surface area contributed by atoms with E-state index >= 15 is 0 Å². The van der Waals surface area contributed by atoms with Crippen LogP contribution in [0.5, 0.6) is 11.5 Å². The molecule has 0 unspecified atom stereocenters. The molecule has 0 amide bonds. The zero-order valence-electron chi connectivity index (χ0n) is 40.0. The topological polar surface area (TPSA) is 286 Å². The van der Waals surface area contributed by atoms with Gasteiger partial charge in [0.1, 0.15) is 77.6 Å². The van der Waals surface area contributed by atoms with E-state index in [4.69, 9.17) is 47.4 Å². The second kappa shape index (κ2) is 50.5. The molecule has 1 aromatic carbocycles. The number of ether oxygens (including phenoxy) is 18. The van der Waals surface area contributed by atoms with Gasteiger partial charge in [-0.2, -0.15) is 0 Å². The van der Waals surface area contributed by atoms with Gasteiger partial charge in [0.2, 0.25) is 0 Å².